The van der Waals surface area contributed by atoms with Gasteiger partial charge in [-0.2, -0.15) is 5.10 Å². The van der Waals surface area contributed by atoms with E-state index in [0.717, 1.165) is 16.7 Å². The molecule has 0 atom stereocenters. The van der Waals surface area contributed by atoms with Crippen LogP contribution in [0.25, 0.3) is 0 Å². The monoisotopic (exact) mass is 492 g/mol. The summed E-state index contributed by atoms with van der Waals surface area (Å²) in [6.07, 6.45) is 1.28. The second-order valence-electron chi connectivity index (χ2n) is 7.70. The van der Waals surface area contributed by atoms with Gasteiger partial charge in [0.1, 0.15) is 5.75 Å². The minimum atomic E-state index is -0.922. The number of carbonyl (C=O) groups is 3. The third-order valence-electron chi connectivity index (χ3n) is 4.86. The number of amides is 3. The van der Waals surface area contributed by atoms with Crippen LogP contribution in [0.15, 0.2) is 71.8 Å². The van der Waals surface area contributed by atoms with Crippen LogP contribution in [0.5, 0.6) is 5.75 Å². The quantitative estimate of drug-likeness (QED) is 0.253. The zero-order chi connectivity index (χ0) is 25.2. The van der Waals surface area contributed by atoms with E-state index < -0.39 is 11.8 Å². The van der Waals surface area contributed by atoms with E-state index in [1.54, 1.807) is 18.2 Å². The van der Waals surface area contributed by atoms with Gasteiger partial charge in [0.2, 0.25) is 0 Å². The molecule has 3 aromatic rings. The van der Waals surface area contributed by atoms with Gasteiger partial charge in [-0.3, -0.25) is 14.4 Å². The first kappa shape index (κ1) is 25.5. The predicted molar refractivity (Wildman–Crippen MR) is 136 cm³/mol. The van der Waals surface area contributed by atoms with Crippen molar-refractivity contribution in [2.45, 2.75) is 20.4 Å². The van der Waals surface area contributed by atoms with Gasteiger partial charge in [-0.25, -0.2) is 5.43 Å². The number of hydrazone groups is 1. The molecule has 0 unspecified atom stereocenters. The van der Waals surface area contributed by atoms with Crippen molar-refractivity contribution >= 4 is 41.2 Å². The van der Waals surface area contributed by atoms with Gasteiger partial charge >= 0.3 is 11.8 Å². The number of nitrogens with zero attached hydrogens (tertiary/aromatic N) is 1. The number of carbonyl (C=O) groups excluding carboxylic acids is 3. The van der Waals surface area contributed by atoms with Crippen LogP contribution in [-0.4, -0.2) is 30.5 Å². The lowest BCUT2D eigenvalue weighted by Gasteiger charge is -2.12. The molecule has 0 aliphatic rings. The average molecular weight is 493 g/mol. The van der Waals surface area contributed by atoms with Crippen molar-refractivity contribution in [2.24, 2.45) is 5.10 Å². The summed E-state index contributed by atoms with van der Waals surface area (Å²) in [5.74, 6) is -1.75. The Hall–Kier alpha value is -4.17. The second kappa shape index (κ2) is 12.3. The Morgan fingerprint density at radius 1 is 0.971 bits per heavy atom. The molecule has 0 radical (unpaired) electrons. The molecule has 3 rings (SSSR count). The molecule has 0 bridgehead atoms. The molecule has 8 nitrogen and oxygen atoms in total. The van der Waals surface area contributed by atoms with Crippen molar-refractivity contribution in [3.63, 3.8) is 0 Å². The Kier molecular flexibility index (Phi) is 8.97. The Bertz CT molecular complexity index is 1250. The van der Waals surface area contributed by atoms with E-state index in [2.05, 4.69) is 21.2 Å². The van der Waals surface area contributed by atoms with Crippen molar-refractivity contribution < 1.29 is 19.1 Å². The van der Waals surface area contributed by atoms with Gasteiger partial charge in [-0.1, -0.05) is 59.6 Å². The maximum Gasteiger partial charge on any atom is 0.329 e. The average Bonchev–Trinajstić information content (AvgIpc) is 2.84. The third-order valence-corrected chi connectivity index (χ3v) is 5.09. The van der Waals surface area contributed by atoms with Crippen LogP contribution in [-0.2, 0) is 20.9 Å². The number of halogens is 1. The lowest BCUT2D eigenvalue weighted by atomic mass is 10.1. The minimum absolute atomic E-state index is 0.216. The number of nitrogens with one attached hydrogen (secondary N) is 3. The van der Waals surface area contributed by atoms with Crippen LogP contribution in [0, 0.1) is 13.8 Å². The number of hydrogen-bond donors (Lipinski definition) is 3. The summed E-state index contributed by atoms with van der Waals surface area (Å²) in [4.78, 5) is 36.3. The first-order valence-electron chi connectivity index (χ1n) is 10.8. The molecule has 0 fully saturated rings. The Labute approximate surface area is 208 Å². The van der Waals surface area contributed by atoms with Gasteiger partial charge in [0.05, 0.1) is 6.21 Å². The Morgan fingerprint density at radius 3 is 2.49 bits per heavy atom. The summed E-state index contributed by atoms with van der Waals surface area (Å²) < 4.78 is 5.63. The molecule has 9 heteroatoms. The van der Waals surface area contributed by atoms with E-state index >= 15 is 0 Å². The summed E-state index contributed by atoms with van der Waals surface area (Å²) in [6, 6.07) is 19.7. The molecule has 3 amide bonds. The zero-order valence-electron chi connectivity index (χ0n) is 19.3. The number of benzene rings is 3. The standard InChI is InChI=1S/C26H25ClN4O4/c1-17-8-10-22(18(2)12-17)30-24(32)16-35-23-11-9-21(27)13-20(23)15-29-31-26(34)25(33)28-14-19-6-4-3-5-7-19/h3-13,15H,14,16H2,1-2H3,(H,28,33)(H,30,32)(H,31,34)/b29-15-. The molecule has 180 valence electrons. The van der Waals surface area contributed by atoms with Gasteiger partial charge in [-0.15, -0.1) is 0 Å². The number of ether oxygens (including phenoxy) is 1. The Balaban J connectivity index is 1.54. The number of aryl methyl sites for hydroxylation is 2. The molecule has 3 N–H and O–H groups in total. The van der Waals surface area contributed by atoms with Crippen molar-refractivity contribution in [2.75, 3.05) is 11.9 Å². The van der Waals surface area contributed by atoms with E-state index in [9.17, 15) is 14.4 Å². The first-order valence-corrected chi connectivity index (χ1v) is 11.1. The smallest absolute Gasteiger partial charge is 0.329 e. The van der Waals surface area contributed by atoms with Gasteiger partial charge < -0.3 is 15.4 Å². The topological polar surface area (TPSA) is 109 Å². The summed E-state index contributed by atoms with van der Waals surface area (Å²) in [5.41, 5.74) is 6.19. The lowest BCUT2D eigenvalue weighted by Crippen LogP contribution is -2.37. The summed E-state index contributed by atoms with van der Waals surface area (Å²) >= 11 is 6.06. The predicted octanol–water partition coefficient (Wildman–Crippen LogP) is 3.74. The number of anilines is 1. The molecule has 0 aliphatic heterocycles. The van der Waals surface area contributed by atoms with Crippen LogP contribution >= 0.6 is 11.6 Å². The van der Waals surface area contributed by atoms with Gasteiger partial charge in [-0.05, 0) is 49.2 Å². The number of hydrogen-bond acceptors (Lipinski definition) is 5. The second-order valence-corrected chi connectivity index (χ2v) is 8.14. The third kappa shape index (κ3) is 7.97. The maximum absolute atomic E-state index is 12.3. The molecule has 0 spiro atoms. The van der Waals surface area contributed by atoms with Crippen molar-refractivity contribution in [3.05, 3.63) is 94.0 Å². The first-order chi connectivity index (χ1) is 16.8. The highest BCUT2D eigenvalue weighted by Gasteiger charge is 2.13. The minimum Gasteiger partial charge on any atom is -0.483 e. The van der Waals surface area contributed by atoms with E-state index in [4.69, 9.17) is 16.3 Å². The van der Waals surface area contributed by atoms with Crippen molar-refractivity contribution in [1.29, 1.82) is 0 Å². The lowest BCUT2D eigenvalue weighted by molar-refractivity contribution is -0.139. The number of rotatable bonds is 8. The highest BCUT2D eigenvalue weighted by atomic mass is 35.5. The van der Waals surface area contributed by atoms with Gasteiger partial charge in [0.25, 0.3) is 5.91 Å². The molecule has 35 heavy (non-hydrogen) atoms. The molecular formula is C26H25ClN4O4. The van der Waals surface area contributed by atoms with Crippen LogP contribution in [0.3, 0.4) is 0 Å². The van der Waals surface area contributed by atoms with E-state index in [-0.39, 0.29) is 19.1 Å². The molecular weight excluding hydrogens is 468 g/mol. The summed E-state index contributed by atoms with van der Waals surface area (Å²) in [6.45, 7) is 3.86. The van der Waals surface area contributed by atoms with Crippen LogP contribution < -0.4 is 20.8 Å². The largest absolute Gasteiger partial charge is 0.483 e. The Morgan fingerprint density at radius 2 is 1.74 bits per heavy atom. The van der Waals surface area contributed by atoms with E-state index in [0.29, 0.717) is 22.0 Å². The highest BCUT2D eigenvalue weighted by molar-refractivity contribution is 6.35. The summed E-state index contributed by atoms with van der Waals surface area (Å²) in [5, 5.41) is 9.54. The highest BCUT2D eigenvalue weighted by Crippen LogP contribution is 2.22. The normalized spacial score (nSPS) is 10.6. The summed E-state index contributed by atoms with van der Waals surface area (Å²) in [7, 11) is 0. The molecule has 0 aromatic heterocycles. The van der Waals surface area contributed by atoms with Crippen molar-refractivity contribution in [1.82, 2.24) is 10.7 Å². The zero-order valence-corrected chi connectivity index (χ0v) is 20.1. The van der Waals surface area contributed by atoms with E-state index in [1.807, 2.05) is 62.4 Å². The van der Waals surface area contributed by atoms with Crippen LogP contribution in [0.2, 0.25) is 5.02 Å². The van der Waals surface area contributed by atoms with Crippen LogP contribution in [0.4, 0.5) is 5.69 Å². The fourth-order valence-electron chi connectivity index (χ4n) is 3.10. The van der Waals surface area contributed by atoms with Crippen molar-refractivity contribution in [3.8, 4) is 5.75 Å². The molecule has 0 saturated heterocycles. The fourth-order valence-corrected chi connectivity index (χ4v) is 3.29. The van der Waals surface area contributed by atoms with Gasteiger partial charge in [0.15, 0.2) is 6.61 Å². The molecule has 3 aromatic carbocycles. The maximum atomic E-state index is 12.3. The SMILES string of the molecule is Cc1ccc(NC(=O)COc2ccc(Cl)cc2/C=N\NC(=O)C(=O)NCc2ccccc2)c(C)c1. The molecule has 0 heterocycles. The molecule has 0 saturated carbocycles. The molecule has 0 aliphatic carbocycles. The fraction of sp³-hybridized carbons (Fsp3) is 0.154. The van der Waals surface area contributed by atoms with Crippen LogP contribution in [0.1, 0.15) is 22.3 Å². The van der Waals surface area contributed by atoms with Gasteiger partial charge in [0, 0.05) is 22.8 Å². The van der Waals surface area contributed by atoms with E-state index in [1.165, 1.54) is 6.21 Å².